The molecular weight excluding hydrogens is 214 g/mol. The second-order valence-corrected chi connectivity index (χ2v) is 4.52. The third-order valence-electron chi connectivity index (χ3n) is 2.88. The van der Waals surface area contributed by atoms with Crippen molar-refractivity contribution in [1.29, 1.82) is 0 Å². The van der Waals surface area contributed by atoms with Crippen LogP contribution in [0.25, 0.3) is 0 Å². The Hall–Kier alpha value is -1.35. The molecule has 0 aliphatic rings. The molecule has 0 atom stereocenters. The maximum absolute atomic E-state index is 10.8. The van der Waals surface area contributed by atoms with Crippen LogP contribution in [0.5, 0.6) is 0 Å². The first kappa shape index (κ1) is 13.7. The fraction of sp³-hybridized carbons (Fsp3) is 0.500. The number of benzene rings is 1. The van der Waals surface area contributed by atoms with Crippen LogP contribution >= 0.6 is 0 Å². The first-order valence-corrected chi connectivity index (χ1v) is 6.03. The van der Waals surface area contributed by atoms with E-state index in [1.807, 2.05) is 4.90 Å². The maximum Gasteiger partial charge on any atom is 0.317 e. The molecule has 0 radical (unpaired) electrons. The molecule has 0 aliphatic carbocycles. The van der Waals surface area contributed by atoms with Crippen LogP contribution < -0.4 is 0 Å². The highest BCUT2D eigenvalue weighted by atomic mass is 16.4. The fourth-order valence-electron chi connectivity index (χ4n) is 1.88. The molecular formula is C14H21NO2. The Balaban J connectivity index is 2.71. The number of carboxylic acids is 1. The molecule has 1 rings (SSSR count). The van der Waals surface area contributed by atoms with Crippen molar-refractivity contribution in [3.05, 3.63) is 34.9 Å². The van der Waals surface area contributed by atoms with Gasteiger partial charge in [-0.15, -0.1) is 0 Å². The van der Waals surface area contributed by atoms with Crippen LogP contribution in [-0.2, 0) is 11.3 Å². The standard InChI is InChI=1S/C14H21NO2/c1-4-7-15(10-14(16)17)9-13-6-5-11(2)12(3)8-13/h5-6,8H,4,7,9-10H2,1-3H3,(H,16,17). The van der Waals surface area contributed by atoms with Crippen molar-refractivity contribution in [1.82, 2.24) is 4.90 Å². The summed E-state index contributed by atoms with van der Waals surface area (Å²) in [6.45, 7) is 7.87. The van der Waals surface area contributed by atoms with E-state index in [0.717, 1.165) is 13.0 Å². The lowest BCUT2D eigenvalue weighted by atomic mass is 10.1. The molecule has 0 spiro atoms. The van der Waals surface area contributed by atoms with Gasteiger partial charge in [0.2, 0.25) is 0 Å². The predicted octanol–water partition coefficient (Wildman–Crippen LogP) is 2.60. The molecule has 1 aromatic carbocycles. The second kappa shape index (κ2) is 6.40. The number of rotatable bonds is 6. The van der Waals surface area contributed by atoms with E-state index in [4.69, 9.17) is 5.11 Å². The van der Waals surface area contributed by atoms with Crippen LogP contribution in [0.15, 0.2) is 18.2 Å². The summed E-state index contributed by atoms with van der Waals surface area (Å²) in [7, 11) is 0. The van der Waals surface area contributed by atoms with E-state index in [9.17, 15) is 4.79 Å². The monoisotopic (exact) mass is 235 g/mol. The van der Waals surface area contributed by atoms with E-state index in [-0.39, 0.29) is 6.54 Å². The molecule has 94 valence electrons. The van der Waals surface area contributed by atoms with Gasteiger partial charge in [0.15, 0.2) is 0 Å². The molecule has 3 heteroatoms. The van der Waals surface area contributed by atoms with Gasteiger partial charge in [-0.25, -0.2) is 0 Å². The smallest absolute Gasteiger partial charge is 0.317 e. The SMILES string of the molecule is CCCN(CC(=O)O)Cc1ccc(C)c(C)c1. The molecule has 0 fully saturated rings. The quantitative estimate of drug-likeness (QED) is 0.824. The third kappa shape index (κ3) is 4.57. The average molecular weight is 235 g/mol. The number of nitrogens with zero attached hydrogens (tertiary/aromatic N) is 1. The Morgan fingerprint density at radius 2 is 2.00 bits per heavy atom. The lowest BCUT2D eigenvalue weighted by Crippen LogP contribution is -2.30. The van der Waals surface area contributed by atoms with Crippen molar-refractivity contribution in [3.63, 3.8) is 0 Å². The van der Waals surface area contributed by atoms with Gasteiger partial charge in [0, 0.05) is 6.54 Å². The Bertz CT molecular complexity index is 388. The summed E-state index contributed by atoms with van der Waals surface area (Å²) in [6.07, 6.45) is 0.970. The molecule has 0 heterocycles. The van der Waals surface area contributed by atoms with Gasteiger partial charge in [0.05, 0.1) is 6.54 Å². The van der Waals surface area contributed by atoms with E-state index in [2.05, 4.69) is 39.0 Å². The maximum atomic E-state index is 10.8. The lowest BCUT2D eigenvalue weighted by molar-refractivity contribution is -0.138. The van der Waals surface area contributed by atoms with Gasteiger partial charge in [-0.05, 0) is 43.5 Å². The normalized spacial score (nSPS) is 10.8. The van der Waals surface area contributed by atoms with Gasteiger partial charge in [0.25, 0.3) is 0 Å². The van der Waals surface area contributed by atoms with E-state index in [1.165, 1.54) is 16.7 Å². The van der Waals surface area contributed by atoms with E-state index >= 15 is 0 Å². The molecule has 1 N–H and O–H groups in total. The van der Waals surface area contributed by atoms with Gasteiger partial charge < -0.3 is 5.11 Å². The summed E-state index contributed by atoms with van der Waals surface area (Å²) in [5.41, 5.74) is 3.71. The fourth-order valence-corrected chi connectivity index (χ4v) is 1.88. The van der Waals surface area contributed by atoms with Crippen molar-refractivity contribution in [2.75, 3.05) is 13.1 Å². The minimum absolute atomic E-state index is 0.112. The van der Waals surface area contributed by atoms with Crippen LogP contribution in [0.4, 0.5) is 0 Å². The van der Waals surface area contributed by atoms with Gasteiger partial charge >= 0.3 is 5.97 Å². The van der Waals surface area contributed by atoms with Crippen molar-refractivity contribution >= 4 is 5.97 Å². The molecule has 1 aromatic rings. The number of hydrogen-bond donors (Lipinski definition) is 1. The summed E-state index contributed by atoms with van der Waals surface area (Å²) in [5.74, 6) is -0.762. The molecule has 0 amide bonds. The minimum Gasteiger partial charge on any atom is -0.480 e. The highest BCUT2D eigenvalue weighted by Gasteiger charge is 2.09. The van der Waals surface area contributed by atoms with Crippen LogP contribution in [0.2, 0.25) is 0 Å². The molecule has 3 nitrogen and oxygen atoms in total. The van der Waals surface area contributed by atoms with E-state index < -0.39 is 5.97 Å². The van der Waals surface area contributed by atoms with Crippen molar-refractivity contribution in [3.8, 4) is 0 Å². The number of carbonyl (C=O) groups is 1. The first-order valence-electron chi connectivity index (χ1n) is 6.03. The van der Waals surface area contributed by atoms with Crippen LogP contribution in [-0.4, -0.2) is 29.1 Å². The summed E-state index contributed by atoms with van der Waals surface area (Å²) in [6, 6.07) is 6.31. The molecule has 17 heavy (non-hydrogen) atoms. The van der Waals surface area contributed by atoms with Crippen molar-refractivity contribution < 1.29 is 9.90 Å². The zero-order chi connectivity index (χ0) is 12.8. The largest absolute Gasteiger partial charge is 0.480 e. The first-order chi connectivity index (χ1) is 8.02. The molecule has 0 saturated heterocycles. The summed E-state index contributed by atoms with van der Waals surface area (Å²) >= 11 is 0. The van der Waals surface area contributed by atoms with Crippen LogP contribution in [0, 0.1) is 13.8 Å². The number of hydrogen-bond acceptors (Lipinski definition) is 2. The van der Waals surface area contributed by atoms with Gasteiger partial charge in [-0.2, -0.15) is 0 Å². The van der Waals surface area contributed by atoms with Crippen LogP contribution in [0.3, 0.4) is 0 Å². The number of aliphatic carboxylic acids is 1. The zero-order valence-electron chi connectivity index (χ0n) is 10.9. The molecule has 0 aliphatic heterocycles. The van der Waals surface area contributed by atoms with Gasteiger partial charge in [-0.1, -0.05) is 25.1 Å². The van der Waals surface area contributed by atoms with E-state index in [1.54, 1.807) is 0 Å². The Morgan fingerprint density at radius 3 is 2.53 bits per heavy atom. The summed E-state index contributed by atoms with van der Waals surface area (Å²) in [5, 5.41) is 8.85. The summed E-state index contributed by atoms with van der Waals surface area (Å²) in [4.78, 5) is 12.7. The number of carboxylic acid groups (broad SMARTS) is 1. The van der Waals surface area contributed by atoms with Crippen LogP contribution in [0.1, 0.15) is 30.0 Å². The Kier molecular flexibility index (Phi) is 5.16. The lowest BCUT2D eigenvalue weighted by Gasteiger charge is -2.19. The number of aryl methyl sites for hydroxylation is 2. The third-order valence-corrected chi connectivity index (χ3v) is 2.88. The Labute approximate surface area is 103 Å². The molecule has 0 unspecified atom stereocenters. The highest BCUT2D eigenvalue weighted by molar-refractivity contribution is 5.69. The second-order valence-electron chi connectivity index (χ2n) is 4.52. The zero-order valence-corrected chi connectivity index (χ0v) is 10.9. The topological polar surface area (TPSA) is 40.5 Å². The van der Waals surface area contributed by atoms with E-state index in [0.29, 0.717) is 6.54 Å². The molecule has 0 saturated carbocycles. The summed E-state index contributed by atoms with van der Waals surface area (Å²) < 4.78 is 0. The van der Waals surface area contributed by atoms with Crippen molar-refractivity contribution in [2.24, 2.45) is 0 Å². The molecule has 0 aromatic heterocycles. The average Bonchev–Trinajstić information content (AvgIpc) is 2.23. The molecule has 0 bridgehead atoms. The van der Waals surface area contributed by atoms with Gasteiger partial charge in [-0.3, -0.25) is 9.69 Å². The minimum atomic E-state index is -0.762. The predicted molar refractivity (Wildman–Crippen MR) is 69.1 cm³/mol. The Morgan fingerprint density at radius 1 is 1.29 bits per heavy atom. The highest BCUT2D eigenvalue weighted by Crippen LogP contribution is 2.12. The van der Waals surface area contributed by atoms with Crippen molar-refractivity contribution in [2.45, 2.75) is 33.7 Å². The van der Waals surface area contributed by atoms with Gasteiger partial charge in [0.1, 0.15) is 0 Å².